The van der Waals surface area contributed by atoms with Crippen molar-refractivity contribution >= 4 is 17.9 Å². The number of allylic oxidation sites excluding steroid dienone is 2. The zero-order chi connectivity index (χ0) is 47.2. The van der Waals surface area contributed by atoms with Gasteiger partial charge in [0.2, 0.25) is 0 Å². The molecular formula is C59H112O6. The molecule has 1 unspecified atom stereocenters. The number of hydrogen-bond acceptors (Lipinski definition) is 6. The van der Waals surface area contributed by atoms with Crippen LogP contribution in [0.15, 0.2) is 12.2 Å². The molecule has 0 spiro atoms. The van der Waals surface area contributed by atoms with Crippen molar-refractivity contribution in [2.75, 3.05) is 13.2 Å². The summed E-state index contributed by atoms with van der Waals surface area (Å²) < 4.78 is 16.7. The number of rotatable bonds is 54. The van der Waals surface area contributed by atoms with Gasteiger partial charge >= 0.3 is 17.9 Å². The van der Waals surface area contributed by atoms with Gasteiger partial charge in [-0.1, -0.05) is 277 Å². The number of carbonyl (C=O) groups excluding carboxylic acids is 3. The summed E-state index contributed by atoms with van der Waals surface area (Å²) in [7, 11) is 0. The van der Waals surface area contributed by atoms with Crippen molar-refractivity contribution in [2.45, 2.75) is 335 Å². The molecule has 0 rings (SSSR count). The van der Waals surface area contributed by atoms with E-state index in [0.29, 0.717) is 19.3 Å². The van der Waals surface area contributed by atoms with Crippen molar-refractivity contribution in [3.63, 3.8) is 0 Å². The molecule has 0 aromatic heterocycles. The van der Waals surface area contributed by atoms with Crippen LogP contribution in [-0.4, -0.2) is 37.2 Å². The summed E-state index contributed by atoms with van der Waals surface area (Å²) in [6.07, 6.45) is 62.7. The molecule has 6 nitrogen and oxygen atoms in total. The summed E-state index contributed by atoms with van der Waals surface area (Å²) in [6, 6.07) is 0. The van der Waals surface area contributed by atoms with Gasteiger partial charge in [0.05, 0.1) is 0 Å². The second-order valence-corrected chi connectivity index (χ2v) is 19.9. The van der Waals surface area contributed by atoms with E-state index in [1.54, 1.807) is 0 Å². The highest BCUT2D eigenvalue weighted by atomic mass is 16.6. The van der Waals surface area contributed by atoms with E-state index in [1.807, 2.05) is 0 Å². The van der Waals surface area contributed by atoms with E-state index in [0.717, 1.165) is 57.8 Å². The molecule has 0 heterocycles. The molecule has 65 heavy (non-hydrogen) atoms. The second-order valence-electron chi connectivity index (χ2n) is 19.9. The van der Waals surface area contributed by atoms with Gasteiger partial charge in [0.1, 0.15) is 13.2 Å². The Morgan fingerprint density at radius 2 is 0.508 bits per heavy atom. The molecule has 0 amide bonds. The molecule has 1 atom stereocenters. The molecule has 0 aliphatic heterocycles. The Bertz CT molecular complexity index is 1010. The summed E-state index contributed by atoms with van der Waals surface area (Å²) in [5.41, 5.74) is 0. The number of esters is 3. The van der Waals surface area contributed by atoms with Crippen LogP contribution in [0.25, 0.3) is 0 Å². The fourth-order valence-corrected chi connectivity index (χ4v) is 8.85. The van der Waals surface area contributed by atoms with Gasteiger partial charge in [-0.15, -0.1) is 0 Å². The van der Waals surface area contributed by atoms with Gasteiger partial charge in [0.25, 0.3) is 0 Å². The Labute approximate surface area is 405 Å². The van der Waals surface area contributed by atoms with E-state index >= 15 is 0 Å². The SMILES string of the molecule is CCCCCCCCCC/C=C\CCCCCCCCCCCCCCCCCCCCCC(=O)OCC(COC(=O)CCCCCCCCC)OC(=O)CCCCCCCCCCC. The molecule has 0 N–H and O–H groups in total. The third-order valence-corrected chi connectivity index (χ3v) is 13.3. The molecule has 0 aliphatic carbocycles. The van der Waals surface area contributed by atoms with Crippen molar-refractivity contribution in [1.82, 2.24) is 0 Å². The van der Waals surface area contributed by atoms with Gasteiger partial charge in [-0.3, -0.25) is 14.4 Å². The number of ether oxygens (including phenoxy) is 3. The van der Waals surface area contributed by atoms with Gasteiger partial charge in [0, 0.05) is 19.3 Å². The molecule has 0 fully saturated rings. The lowest BCUT2D eigenvalue weighted by Gasteiger charge is -2.18. The third-order valence-electron chi connectivity index (χ3n) is 13.3. The Morgan fingerprint density at radius 1 is 0.292 bits per heavy atom. The van der Waals surface area contributed by atoms with Crippen molar-refractivity contribution in [3.05, 3.63) is 12.2 Å². The first-order chi connectivity index (χ1) is 32.0. The monoisotopic (exact) mass is 917 g/mol. The lowest BCUT2D eigenvalue weighted by Crippen LogP contribution is -2.30. The van der Waals surface area contributed by atoms with Gasteiger partial charge in [-0.2, -0.15) is 0 Å². The molecule has 0 aromatic carbocycles. The standard InChI is InChI=1S/C59H112O6/c1-4-7-10-13-16-18-19-20-21-22-23-24-25-26-27-28-29-30-31-32-33-34-35-36-37-38-39-41-43-46-49-52-58(61)64-55-56(54-63-57(60)51-48-45-42-15-12-9-6-3)65-59(62)53-50-47-44-40-17-14-11-8-5-2/h22-23,56H,4-21,24-55H2,1-3H3/b23-22-. The molecule has 6 heteroatoms. The first-order valence-electron chi connectivity index (χ1n) is 29.2. The highest BCUT2D eigenvalue weighted by molar-refractivity contribution is 5.71. The zero-order valence-corrected chi connectivity index (χ0v) is 44.0. The van der Waals surface area contributed by atoms with Crippen molar-refractivity contribution in [3.8, 4) is 0 Å². The molecule has 0 aliphatic rings. The van der Waals surface area contributed by atoms with Gasteiger partial charge in [0.15, 0.2) is 6.10 Å². The van der Waals surface area contributed by atoms with E-state index in [1.165, 1.54) is 231 Å². The minimum Gasteiger partial charge on any atom is -0.462 e. The largest absolute Gasteiger partial charge is 0.462 e. The molecule has 0 aromatic rings. The third kappa shape index (κ3) is 53.0. The molecule has 384 valence electrons. The number of hydrogen-bond donors (Lipinski definition) is 0. The highest BCUT2D eigenvalue weighted by Crippen LogP contribution is 2.17. The van der Waals surface area contributed by atoms with Crippen LogP contribution >= 0.6 is 0 Å². The van der Waals surface area contributed by atoms with E-state index in [4.69, 9.17) is 14.2 Å². The predicted octanol–water partition coefficient (Wildman–Crippen LogP) is 19.3. The van der Waals surface area contributed by atoms with Crippen LogP contribution in [0.4, 0.5) is 0 Å². The Morgan fingerprint density at radius 3 is 0.769 bits per heavy atom. The quantitative estimate of drug-likeness (QED) is 0.0262. The number of carbonyl (C=O) groups is 3. The molecule has 0 saturated heterocycles. The molecule has 0 radical (unpaired) electrons. The first kappa shape index (κ1) is 63.1. The summed E-state index contributed by atoms with van der Waals surface area (Å²) in [5, 5.41) is 0. The van der Waals surface area contributed by atoms with Crippen LogP contribution in [0.1, 0.15) is 329 Å². The predicted molar refractivity (Wildman–Crippen MR) is 280 cm³/mol. The smallest absolute Gasteiger partial charge is 0.306 e. The Balaban J connectivity index is 3.87. The van der Waals surface area contributed by atoms with E-state index in [2.05, 4.69) is 32.9 Å². The van der Waals surface area contributed by atoms with Crippen LogP contribution in [0.5, 0.6) is 0 Å². The van der Waals surface area contributed by atoms with Crippen LogP contribution < -0.4 is 0 Å². The maximum atomic E-state index is 12.7. The highest BCUT2D eigenvalue weighted by Gasteiger charge is 2.19. The average Bonchev–Trinajstić information content (AvgIpc) is 3.30. The molecule has 0 bridgehead atoms. The maximum absolute atomic E-state index is 12.7. The summed E-state index contributed by atoms with van der Waals surface area (Å²) in [6.45, 7) is 6.61. The lowest BCUT2D eigenvalue weighted by atomic mass is 10.0. The number of unbranched alkanes of at least 4 members (excludes halogenated alkanes) is 41. The fourth-order valence-electron chi connectivity index (χ4n) is 8.85. The normalized spacial score (nSPS) is 12.0. The summed E-state index contributed by atoms with van der Waals surface area (Å²) >= 11 is 0. The van der Waals surface area contributed by atoms with Crippen molar-refractivity contribution < 1.29 is 28.6 Å². The van der Waals surface area contributed by atoms with Crippen LogP contribution in [0.2, 0.25) is 0 Å². The molecular weight excluding hydrogens is 805 g/mol. The van der Waals surface area contributed by atoms with Gasteiger partial charge in [-0.25, -0.2) is 0 Å². The summed E-state index contributed by atoms with van der Waals surface area (Å²) in [4.78, 5) is 37.7. The van der Waals surface area contributed by atoms with Crippen LogP contribution in [-0.2, 0) is 28.6 Å². The van der Waals surface area contributed by atoms with Crippen LogP contribution in [0, 0.1) is 0 Å². The van der Waals surface area contributed by atoms with E-state index < -0.39 is 6.10 Å². The van der Waals surface area contributed by atoms with Crippen LogP contribution in [0.3, 0.4) is 0 Å². The minimum absolute atomic E-state index is 0.0644. The molecule has 0 saturated carbocycles. The summed E-state index contributed by atoms with van der Waals surface area (Å²) in [5.74, 6) is -0.857. The Kier molecular flexibility index (Phi) is 53.2. The van der Waals surface area contributed by atoms with E-state index in [-0.39, 0.29) is 31.1 Å². The Hall–Kier alpha value is -1.85. The zero-order valence-electron chi connectivity index (χ0n) is 44.0. The second kappa shape index (κ2) is 54.8. The van der Waals surface area contributed by atoms with E-state index in [9.17, 15) is 14.4 Å². The first-order valence-corrected chi connectivity index (χ1v) is 29.2. The lowest BCUT2D eigenvalue weighted by molar-refractivity contribution is -0.167. The fraction of sp³-hybridized carbons (Fsp3) is 0.915. The topological polar surface area (TPSA) is 78.9 Å². The maximum Gasteiger partial charge on any atom is 0.306 e. The van der Waals surface area contributed by atoms with Crippen molar-refractivity contribution in [1.29, 1.82) is 0 Å². The minimum atomic E-state index is -0.759. The van der Waals surface area contributed by atoms with Gasteiger partial charge < -0.3 is 14.2 Å². The average molecular weight is 918 g/mol. The van der Waals surface area contributed by atoms with Crippen molar-refractivity contribution in [2.24, 2.45) is 0 Å². The van der Waals surface area contributed by atoms with Gasteiger partial charge in [-0.05, 0) is 44.9 Å².